The number of rotatable bonds is 2. The van der Waals surface area contributed by atoms with Crippen LogP contribution in [0.2, 0.25) is 5.28 Å². The number of hydrogen-bond donors (Lipinski definition) is 6. The van der Waals surface area contributed by atoms with Crippen molar-refractivity contribution in [2.24, 2.45) is 0 Å². The SMILES string of the molecule is Nc1nc2c(ncn2[C@@H]2O[C@@H]3COP(=O)(O)O[C@H]4C[C@H](n5cnc6c(N)nc(Cl)nc65)O[C@@H]4COP(=O)(O)O[C@@H]2[C@@H]3O)c(=O)[nH]1. The summed E-state index contributed by atoms with van der Waals surface area (Å²) in [6.07, 6.45) is -7.37. The molecule has 0 amide bonds. The third-order valence-corrected chi connectivity index (χ3v) is 9.44. The molecule has 25 heteroatoms. The first-order valence-electron chi connectivity index (χ1n) is 13.0. The highest BCUT2D eigenvalue weighted by atomic mass is 35.5. The predicted molar refractivity (Wildman–Crippen MR) is 147 cm³/mol. The molecule has 9 atom stereocenters. The maximum atomic E-state index is 13.2. The number of halogens is 1. The van der Waals surface area contributed by atoms with E-state index in [-0.39, 0.29) is 45.8 Å². The Labute approximate surface area is 254 Å². The summed E-state index contributed by atoms with van der Waals surface area (Å²) in [5, 5.41) is 10.8. The smallest absolute Gasteiger partial charge is 0.387 e. The van der Waals surface area contributed by atoms with E-state index in [1.165, 1.54) is 10.9 Å². The highest BCUT2D eigenvalue weighted by Crippen LogP contribution is 2.53. The first-order chi connectivity index (χ1) is 21.3. The van der Waals surface area contributed by atoms with Gasteiger partial charge in [0, 0.05) is 6.42 Å². The molecule has 0 aromatic carbocycles. The van der Waals surface area contributed by atoms with Crippen LogP contribution in [-0.4, -0.2) is 97.7 Å². The minimum absolute atomic E-state index is 0.00240. The second-order valence-electron chi connectivity index (χ2n) is 10.1. The Bertz CT molecular complexity index is 1960. The number of aromatic nitrogens is 8. The van der Waals surface area contributed by atoms with Crippen LogP contribution in [-0.2, 0) is 36.7 Å². The van der Waals surface area contributed by atoms with Crippen molar-refractivity contribution in [1.29, 1.82) is 0 Å². The summed E-state index contributed by atoms with van der Waals surface area (Å²) in [5.74, 6) is -0.267. The Morgan fingerprint density at radius 3 is 2.36 bits per heavy atom. The highest BCUT2D eigenvalue weighted by molar-refractivity contribution is 7.47. The number of nitrogens with one attached hydrogen (secondary N) is 1. The largest absolute Gasteiger partial charge is 0.472 e. The van der Waals surface area contributed by atoms with E-state index in [9.17, 15) is 28.8 Å². The van der Waals surface area contributed by atoms with Gasteiger partial charge in [-0.15, -0.1) is 0 Å². The van der Waals surface area contributed by atoms with Gasteiger partial charge < -0.3 is 35.8 Å². The number of aliphatic hydroxyl groups excluding tert-OH is 1. The van der Waals surface area contributed by atoms with Crippen molar-refractivity contribution in [3.8, 4) is 0 Å². The van der Waals surface area contributed by atoms with E-state index in [0.717, 1.165) is 10.9 Å². The van der Waals surface area contributed by atoms with Gasteiger partial charge in [-0.1, -0.05) is 0 Å². The number of imidazole rings is 2. The highest BCUT2D eigenvalue weighted by Gasteiger charge is 2.52. The first kappa shape index (κ1) is 30.5. The molecule has 0 aliphatic carbocycles. The maximum Gasteiger partial charge on any atom is 0.472 e. The molecule has 3 aliphatic rings. The van der Waals surface area contributed by atoms with Crippen molar-refractivity contribution in [3.05, 3.63) is 28.3 Å². The van der Waals surface area contributed by atoms with E-state index in [1.807, 2.05) is 0 Å². The number of phosphoric ester groups is 2. The Hall–Kier alpha value is -3.11. The van der Waals surface area contributed by atoms with E-state index in [4.69, 9.17) is 50.6 Å². The molecule has 45 heavy (non-hydrogen) atoms. The number of hydrogen-bond acceptors (Lipinski definition) is 17. The molecule has 3 fully saturated rings. The van der Waals surface area contributed by atoms with Gasteiger partial charge in [-0.05, 0) is 11.6 Å². The zero-order valence-electron chi connectivity index (χ0n) is 22.4. The van der Waals surface area contributed by atoms with Gasteiger partial charge in [-0.3, -0.25) is 37.0 Å². The second kappa shape index (κ2) is 11.0. The van der Waals surface area contributed by atoms with Crippen LogP contribution in [0, 0.1) is 0 Å². The molecular weight excluding hydrogens is 670 g/mol. The number of aromatic amines is 1. The number of H-pyrrole nitrogens is 1. The molecule has 7 rings (SSSR count). The van der Waals surface area contributed by atoms with Crippen molar-refractivity contribution >= 4 is 61.3 Å². The van der Waals surface area contributed by atoms with Gasteiger partial charge in [-0.25, -0.2) is 19.1 Å². The fourth-order valence-corrected chi connectivity index (χ4v) is 7.36. The second-order valence-corrected chi connectivity index (χ2v) is 13.3. The van der Waals surface area contributed by atoms with Crippen LogP contribution in [0.5, 0.6) is 0 Å². The van der Waals surface area contributed by atoms with Gasteiger partial charge in [0.1, 0.15) is 42.3 Å². The molecule has 7 heterocycles. The zero-order valence-corrected chi connectivity index (χ0v) is 24.9. The van der Waals surface area contributed by atoms with Crippen molar-refractivity contribution in [3.63, 3.8) is 0 Å². The van der Waals surface area contributed by atoms with Gasteiger partial charge in [-0.2, -0.15) is 15.0 Å². The number of nitrogens with two attached hydrogens (primary N) is 2. The summed E-state index contributed by atoms with van der Waals surface area (Å²) in [5.41, 5.74) is 11.0. The molecule has 0 saturated carbocycles. The lowest BCUT2D eigenvalue weighted by molar-refractivity contribution is -0.0670. The third kappa shape index (κ3) is 5.62. The Morgan fingerprint density at radius 1 is 0.911 bits per heavy atom. The summed E-state index contributed by atoms with van der Waals surface area (Å²) in [6.45, 7) is -1.44. The van der Waals surface area contributed by atoms with Crippen LogP contribution in [0.4, 0.5) is 11.8 Å². The topological polar surface area (TPSA) is 309 Å². The summed E-state index contributed by atoms with van der Waals surface area (Å²) in [7, 11) is -9.93. The van der Waals surface area contributed by atoms with Crippen LogP contribution in [0.1, 0.15) is 18.9 Å². The minimum atomic E-state index is -5.04. The number of nitrogens with zero attached hydrogens (tertiary/aromatic N) is 7. The lowest BCUT2D eigenvalue weighted by Crippen LogP contribution is -2.35. The number of fused-ring (bicyclic) bond motifs is 5. The van der Waals surface area contributed by atoms with E-state index in [1.54, 1.807) is 0 Å². The van der Waals surface area contributed by atoms with Crippen molar-refractivity contribution in [2.45, 2.75) is 49.4 Å². The molecule has 0 radical (unpaired) electrons. The molecular formula is C20H23ClN10O12P2. The molecule has 3 aliphatic heterocycles. The number of ether oxygens (including phenoxy) is 2. The predicted octanol–water partition coefficient (Wildman–Crippen LogP) is -0.659. The van der Waals surface area contributed by atoms with E-state index in [0.29, 0.717) is 0 Å². The fourth-order valence-electron chi connectivity index (χ4n) is 5.30. The summed E-state index contributed by atoms with van der Waals surface area (Å²) >= 11 is 5.95. The Balaban J connectivity index is 1.19. The lowest BCUT2D eigenvalue weighted by Gasteiger charge is -2.25. The van der Waals surface area contributed by atoms with Gasteiger partial charge in [0.2, 0.25) is 11.2 Å². The molecule has 4 aromatic rings. The van der Waals surface area contributed by atoms with Gasteiger partial charge in [0.05, 0.1) is 25.9 Å². The maximum absolute atomic E-state index is 13.2. The van der Waals surface area contributed by atoms with E-state index >= 15 is 0 Å². The van der Waals surface area contributed by atoms with Crippen LogP contribution >= 0.6 is 27.2 Å². The Morgan fingerprint density at radius 2 is 1.58 bits per heavy atom. The monoisotopic (exact) mass is 692 g/mol. The summed E-state index contributed by atoms with van der Waals surface area (Å²) < 4.78 is 61.7. The number of nitrogen functional groups attached to an aromatic ring is 2. The fraction of sp³-hybridized carbons (Fsp3) is 0.500. The molecule has 0 spiro atoms. The standard InChI is InChI=1S/C20H23ClN10O12P2/c21-19-26-14(22)10-15(27-19)30(4-24-10)9-1-6-7(40-9)2-38-45(36,37)43-13-12(32)8(3-39-44(34,35)42-6)41-18(13)31-5-25-11-16(31)28-20(23)29-17(11)33/h4-9,12-13,18,32H,1-3H2,(H,34,35)(H,36,37)(H2,22,26,27)(H3,23,28,29,33)/t6-,7+,8+,9+,12+,13+,18+/m0/s1. The van der Waals surface area contributed by atoms with Gasteiger partial charge >= 0.3 is 15.6 Å². The normalized spacial score (nSPS) is 36.0. The summed E-state index contributed by atoms with van der Waals surface area (Å²) in [6, 6.07) is 0. The third-order valence-electron chi connectivity index (χ3n) is 7.28. The van der Waals surface area contributed by atoms with E-state index < -0.39 is 77.4 Å². The van der Waals surface area contributed by atoms with Crippen LogP contribution in [0.3, 0.4) is 0 Å². The van der Waals surface area contributed by atoms with Crippen LogP contribution in [0.15, 0.2) is 17.4 Å². The molecule has 3 saturated heterocycles. The molecule has 242 valence electrons. The van der Waals surface area contributed by atoms with E-state index in [2.05, 4.69) is 29.9 Å². The number of anilines is 2. The molecule has 2 unspecified atom stereocenters. The van der Waals surface area contributed by atoms with Crippen molar-refractivity contribution in [2.75, 3.05) is 24.7 Å². The van der Waals surface area contributed by atoms with Crippen LogP contribution < -0.4 is 17.0 Å². The van der Waals surface area contributed by atoms with Crippen molar-refractivity contribution < 1.29 is 51.6 Å². The molecule has 8 N–H and O–H groups in total. The van der Waals surface area contributed by atoms with Crippen LogP contribution in [0.25, 0.3) is 22.3 Å². The molecule has 2 bridgehead atoms. The molecule has 22 nitrogen and oxygen atoms in total. The average Bonchev–Trinajstić information content (AvgIpc) is 3.72. The van der Waals surface area contributed by atoms with Gasteiger partial charge in [0.25, 0.3) is 5.56 Å². The number of phosphoric acid groups is 2. The quantitative estimate of drug-likeness (QED) is 0.112. The molecule has 4 aromatic heterocycles. The Kier molecular flexibility index (Phi) is 7.47. The summed E-state index contributed by atoms with van der Waals surface area (Å²) in [4.78, 5) is 55.9. The minimum Gasteiger partial charge on any atom is -0.387 e. The number of aliphatic hydroxyl groups is 1. The first-order valence-corrected chi connectivity index (χ1v) is 16.3. The van der Waals surface area contributed by atoms with Crippen molar-refractivity contribution in [1.82, 2.24) is 39.0 Å². The van der Waals surface area contributed by atoms with Gasteiger partial charge in [0.15, 0.2) is 28.9 Å². The zero-order chi connectivity index (χ0) is 31.8. The average molecular weight is 693 g/mol. The lowest BCUT2D eigenvalue weighted by atomic mass is 10.1.